The van der Waals surface area contributed by atoms with Crippen LogP contribution in [0.3, 0.4) is 0 Å². The summed E-state index contributed by atoms with van der Waals surface area (Å²) in [6.07, 6.45) is 0.322. The van der Waals surface area contributed by atoms with Gasteiger partial charge in [-0.25, -0.2) is 17.6 Å². The molecule has 184 valence electrons. The van der Waals surface area contributed by atoms with Gasteiger partial charge in [-0.05, 0) is 24.3 Å². The maximum atomic E-state index is 14.7. The van der Waals surface area contributed by atoms with Gasteiger partial charge in [0.25, 0.3) is 5.91 Å². The normalized spacial score (nSPS) is 15.4. The van der Waals surface area contributed by atoms with Gasteiger partial charge in [-0.1, -0.05) is 12.1 Å². The molecular weight excluding hydrogens is 496 g/mol. The van der Waals surface area contributed by atoms with Crippen LogP contribution in [0.2, 0.25) is 0 Å². The molecule has 1 saturated heterocycles. The second-order valence-electron chi connectivity index (χ2n) is 8.48. The van der Waals surface area contributed by atoms with E-state index in [1.54, 1.807) is 16.0 Å². The van der Waals surface area contributed by atoms with Crippen LogP contribution < -0.4 is 20.1 Å². The Hall–Kier alpha value is -3.86. The van der Waals surface area contributed by atoms with E-state index in [-0.39, 0.29) is 29.1 Å². The molecule has 36 heavy (non-hydrogen) atoms. The Bertz CT molecular complexity index is 1510. The van der Waals surface area contributed by atoms with Gasteiger partial charge >= 0.3 is 0 Å². The number of fused-ring (bicyclic) bond motifs is 2. The lowest BCUT2D eigenvalue weighted by atomic mass is 10.0. The van der Waals surface area contributed by atoms with Crippen LogP contribution in [-0.4, -0.2) is 43.3 Å². The van der Waals surface area contributed by atoms with Crippen molar-refractivity contribution in [1.29, 1.82) is 0 Å². The fourth-order valence-electron chi connectivity index (χ4n) is 4.46. The number of amides is 1. The molecule has 1 fully saturated rings. The molecule has 0 bridgehead atoms. The van der Waals surface area contributed by atoms with Crippen molar-refractivity contribution in [2.45, 2.75) is 6.17 Å². The van der Waals surface area contributed by atoms with E-state index >= 15 is 0 Å². The van der Waals surface area contributed by atoms with Crippen LogP contribution in [0.15, 0.2) is 48.7 Å². The molecule has 6 nitrogen and oxygen atoms in total. The van der Waals surface area contributed by atoms with E-state index in [4.69, 9.17) is 4.74 Å². The topological polar surface area (TPSA) is 57.7 Å². The molecule has 0 saturated carbocycles. The van der Waals surface area contributed by atoms with Crippen LogP contribution in [0.4, 0.5) is 28.9 Å². The highest BCUT2D eigenvalue weighted by Gasteiger charge is 2.34. The highest BCUT2D eigenvalue weighted by Crippen LogP contribution is 2.44. The number of hydrogen-bond acceptors (Lipinski definition) is 6. The third-order valence-corrected chi connectivity index (χ3v) is 7.36. The van der Waals surface area contributed by atoms with Crippen molar-refractivity contribution in [3.05, 3.63) is 71.0 Å². The number of aromatic nitrogens is 1. The minimum atomic E-state index is -1.32. The van der Waals surface area contributed by atoms with Crippen molar-refractivity contribution in [1.82, 2.24) is 10.4 Å². The molecule has 0 unspecified atom stereocenters. The Labute approximate surface area is 206 Å². The van der Waals surface area contributed by atoms with Crippen LogP contribution >= 0.6 is 11.3 Å². The summed E-state index contributed by atoms with van der Waals surface area (Å²) in [5, 5.41) is 1.67. The Kier molecular flexibility index (Phi) is 5.44. The molecule has 2 aromatic heterocycles. The summed E-state index contributed by atoms with van der Waals surface area (Å²) in [5.74, 6) is -3.31. The van der Waals surface area contributed by atoms with Crippen molar-refractivity contribution in [2.75, 3.05) is 36.1 Å². The van der Waals surface area contributed by atoms with E-state index in [0.717, 1.165) is 17.4 Å². The number of carbonyl (C=O) groups is 1. The van der Waals surface area contributed by atoms with Crippen molar-refractivity contribution in [3.8, 4) is 16.9 Å². The second kappa shape index (κ2) is 8.66. The molecule has 4 heterocycles. The summed E-state index contributed by atoms with van der Waals surface area (Å²) in [4.78, 5) is 19.8. The largest absolute Gasteiger partial charge is 0.489 e. The summed E-state index contributed by atoms with van der Waals surface area (Å²) < 4.78 is 62.5. The fourth-order valence-corrected chi connectivity index (χ4v) is 5.65. The van der Waals surface area contributed by atoms with Crippen LogP contribution in [0, 0.1) is 17.5 Å². The third-order valence-electron chi connectivity index (χ3n) is 6.16. The summed E-state index contributed by atoms with van der Waals surface area (Å²) in [5.41, 5.74) is 4.21. The molecule has 2 aliphatic rings. The zero-order chi connectivity index (χ0) is 25.0. The number of anilines is 2. The van der Waals surface area contributed by atoms with Crippen LogP contribution in [0.25, 0.3) is 21.3 Å². The van der Waals surface area contributed by atoms with Crippen molar-refractivity contribution in [2.24, 2.45) is 0 Å². The second-order valence-corrected chi connectivity index (χ2v) is 9.50. The van der Waals surface area contributed by atoms with E-state index in [1.165, 1.54) is 12.3 Å². The number of hydrogen-bond donors (Lipinski definition) is 1. The van der Waals surface area contributed by atoms with Crippen LogP contribution in [-0.2, 0) is 0 Å². The number of hydrazine groups is 1. The smallest absolute Gasteiger partial charge is 0.282 e. The highest BCUT2D eigenvalue weighted by atomic mass is 32.1. The average molecular weight is 515 g/mol. The molecule has 0 aliphatic carbocycles. The number of benzene rings is 2. The maximum absolute atomic E-state index is 14.7. The minimum Gasteiger partial charge on any atom is -0.489 e. The van der Waals surface area contributed by atoms with Gasteiger partial charge in [-0.3, -0.25) is 20.2 Å². The molecule has 4 aromatic rings. The number of rotatable bonds is 4. The van der Waals surface area contributed by atoms with Gasteiger partial charge in [0.15, 0.2) is 11.6 Å². The highest BCUT2D eigenvalue weighted by molar-refractivity contribution is 7.22. The van der Waals surface area contributed by atoms with Crippen molar-refractivity contribution in [3.63, 3.8) is 0 Å². The predicted octanol–water partition coefficient (Wildman–Crippen LogP) is 5.08. The Balaban J connectivity index is 1.46. The summed E-state index contributed by atoms with van der Waals surface area (Å²) in [6.45, 7) is 0.904. The Morgan fingerprint density at radius 3 is 2.72 bits per heavy atom. The monoisotopic (exact) mass is 514 g/mol. The standard InChI is InChI=1S/C25H18F4N4O2S/c26-13-9-16(20(29)17(28)10-13)15-5-6-30-21-22(32-11-14(27)12-32)24(36-23(15)21)25(34)31-33-7-8-35-19-4-2-1-3-18(19)33/h1-6,9-10,14H,7-8,11-12H2,(H,31,34). The summed E-state index contributed by atoms with van der Waals surface area (Å²) in [7, 11) is 0. The molecule has 2 aliphatic heterocycles. The number of nitrogens with zero attached hydrogens (tertiary/aromatic N) is 3. The number of halogens is 4. The first-order valence-corrected chi connectivity index (χ1v) is 12.0. The zero-order valence-electron chi connectivity index (χ0n) is 18.6. The zero-order valence-corrected chi connectivity index (χ0v) is 19.4. The van der Waals surface area contributed by atoms with Crippen molar-refractivity contribution >= 4 is 38.8 Å². The Morgan fingerprint density at radius 2 is 1.92 bits per heavy atom. The number of alkyl halides is 1. The molecule has 11 heteroatoms. The number of carbonyl (C=O) groups excluding carboxylic acids is 1. The summed E-state index contributed by atoms with van der Waals surface area (Å²) in [6, 6.07) is 10.1. The molecule has 1 amide bonds. The third kappa shape index (κ3) is 3.70. The lowest BCUT2D eigenvalue weighted by Gasteiger charge is -2.36. The van der Waals surface area contributed by atoms with E-state index in [1.807, 2.05) is 18.2 Å². The molecule has 2 aromatic carbocycles. The first-order chi connectivity index (χ1) is 17.4. The maximum Gasteiger partial charge on any atom is 0.282 e. The lowest BCUT2D eigenvalue weighted by Crippen LogP contribution is -2.50. The van der Waals surface area contributed by atoms with Crippen LogP contribution in [0.1, 0.15) is 9.67 Å². The first-order valence-electron chi connectivity index (χ1n) is 11.2. The van der Waals surface area contributed by atoms with Gasteiger partial charge in [-0.15, -0.1) is 11.3 Å². The molecule has 0 radical (unpaired) electrons. The van der Waals surface area contributed by atoms with Gasteiger partial charge in [0.1, 0.15) is 34.7 Å². The number of nitrogens with one attached hydrogen (secondary N) is 1. The fraction of sp³-hybridized carbons (Fsp3) is 0.200. The Morgan fingerprint density at radius 1 is 1.11 bits per heavy atom. The molecular formula is C25H18F4N4O2S. The van der Waals surface area contributed by atoms with E-state index in [9.17, 15) is 22.4 Å². The molecule has 6 rings (SSSR count). The minimum absolute atomic E-state index is 0.0708. The molecule has 1 N–H and O–H groups in total. The predicted molar refractivity (Wildman–Crippen MR) is 129 cm³/mol. The average Bonchev–Trinajstić information content (AvgIpc) is 3.24. The number of thiophene rings is 1. The van der Waals surface area contributed by atoms with Gasteiger partial charge in [0, 0.05) is 23.4 Å². The van der Waals surface area contributed by atoms with Crippen molar-refractivity contribution < 1.29 is 27.1 Å². The van der Waals surface area contributed by atoms with E-state index < -0.39 is 29.5 Å². The van der Waals surface area contributed by atoms with E-state index in [0.29, 0.717) is 46.6 Å². The van der Waals surface area contributed by atoms with E-state index in [2.05, 4.69) is 10.4 Å². The lowest BCUT2D eigenvalue weighted by molar-refractivity contribution is 0.0949. The van der Waals surface area contributed by atoms with Gasteiger partial charge in [0.05, 0.1) is 35.7 Å². The number of pyridine rings is 1. The number of para-hydroxylation sites is 2. The van der Waals surface area contributed by atoms with Gasteiger partial charge < -0.3 is 9.64 Å². The van der Waals surface area contributed by atoms with Gasteiger partial charge in [0.2, 0.25) is 0 Å². The quantitative estimate of drug-likeness (QED) is 0.304. The number of ether oxygens (including phenoxy) is 1. The van der Waals surface area contributed by atoms with Crippen LogP contribution in [0.5, 0.6) is 5.75 Å². The molecule has 0 spiro atoms. The summed E-state index contributed by atoms with van der Waals surface area (Å²) >= 11 is 1.01. The first kappa shape index (κ1) is 22.6. The molecule has 0 atom stereocenters. The van der Waals surface area contributed by atoms with Gasteiger partial charge in [-0.2, -0.15) is 0 Å². The SMILES string of the molecule is O=C(NN1CCOc2ccccc21)c1sc2c(-c3cc(F)cc(F)c3F)ccnc2c1N1CC(F)C1.